The van der Waals surface area contributed by atoms with Crippen LogP contribution in [0, 0.1) is 11.3 Å². The van der Waals surface area contributed by atoms with Crippen LogP contribution in [0.4, 0.5) is 0 Å². The molecule has 1 saturated heterocycles. The molecule has 0 aromatic carbocycles. The molecule has 2 aliphatic carbocycles. The largest absolute Gasteiger partial charge is 0.378 e. The van der Waals surface area contributed by atoms with Crippen molar-refractivity contribution in [3.8, 4) is 0 Å². The van der Waals surface area contributed by atoms with Crippen molar-refractivity contribution in [2.75, 3.05) is 26.7 Å². The lowest BCUT2D eigenvalue weighted by Crippen LogP contribution is -2.65. The minimum absolute atomic E-state index is 0.483. The number of hydrogen-bond donors (Lipinski definition) is 1. The van der Waals surface area contributed by atoms with Gasteiger partial charge in [-0.05, 0) is 39.2 Å². The Morgan fingerprint density at radius 1 is 1.26 bits per heavy atom. The molecule has 1 aliphatic heterocycles. The van der Waals surface area contributed by atoms with Crippen LogP contribution in [0.15, 0.2) is 0 Å². The maximum atomic E-state index is 6.01. The fourth-order valence-corrected chi connectivity index (χ4v) is 4.80. The highest BCUT2D eigenvalue weighted by Crippen LogP contribution is 2.55. The number of likely N-dealkylation sites (tertiary alicyclic amines) is 1. The smallest absolute Gasteiger partial charge is 0.0661 e. The third-order valence-corrected chi connectivity index (χ3v) is 5.90. The van der Waals surface area contributed by atoms with E-state index in [9.17, 15) is 0 Å². The minimum Gasteiger partial charge on any atom is -0.378 e. The van der Waals surface area contributed by atoms with E-state index in [1.807, 2.05) is 0 Å². The second-order valence-electron chi connectivity index (χ2n) is 7.14. The maximum absolute atomic E-state index is 6.01. The molecular weight excluding hydrogens is 236 g/mol. The van der Waals surface area contributed by atoms with Crippen LogP contribution >= 0.6 is 0 Å². The number of nitrogens with zero attached hydrogens (tertiary/aromatic N) is 1. The summed E-state index contributed by atoms with van der Waals surface area (Å²) in [4.78, 5) is 2.46. The standard InChI is InChI=1S/C16H30N2O/c1-4-19-15-9-14(16(15)7-5-6-8-16)17-13-11-18(3)10-12(13)2/h12-15,17H,4-11H2,1-3H3/t12-,13+,14-,15+/m0/s1. The fraction of sp³-hybridized carbons (Fsp3) is 1.00. The third kappa shape index (κ3) is 2.34. The first kappa shape index (κ1) is 13.8. The van der Waals surface area contributed by atoms with E-state index < -0.39 is 0 Å². The highest BCUT2D eigenvalue weighted by molar-refractivity contribution is 5.11. The van der Waals surface area contributed by atoms with Crippen LogP contribution in [0.3, 0.4) is 0 Å². The Hall–Kier alpha value is -0.120. The Kier molecular flexibility index (Phi) is 3.89. The average Bonchev–Trinajstić information content (AvgIpc) is 2.97. The molecule has 1 spiro atoms. The molecule has 0 aromatic heterocycles. The summed E-state index contributed by atoms with van der Waals surface area (Å²) < 4.78 is 6.01. The van der Waals surface area contributed by atoms with Gasteiger partial charge in [0.2, 0.25) is 0 Å². The van der Waals surface area contributed by atoms with E-state index >= 15 is 0 Å². The predicted molar refractivity (Wildman–Crippen MR) is 78.3 cm³/mol. The van der Waals surface area contributed by atoms with Crippen molar-refractivity contribution in [2.45, 2.75) is 64.1 Å². The van der Waals surface area contributed by atoms with Crippen LogP contribution in [0.5, 0.6) is 0 Å². The predicted octanol–water partition coefficient (Wildman–Crippen LogP) is 2.26. The van der Waals surface area contributed by atoms with Crippen molar-refractivity contribution in [2.24, 2.45) is 11.3 Å². The fourth-order valence-electron chi connectivity index (χ4n) is 4.80. The summed E-state index contributed by atoms with van der Waals surface area (Å²) >= 11 is 0. The molecule has 0 aromatic rings. The van der Waals surface area contributed by atoms with Crippen molar-refractivity contribution in [3.63, 3.8) is 0 Å². The quantitative estimate of drug-likeness (QED) is 0.845. The highest BCUT2D eigenvalue weighted by Gasteiger charge is 2.57. The van der Waals surface area contributed by atoms with Crippen molar-refractivity contribution in [1.82, 2.24) is 10.2 Å². The first-order valence-electron chi connectivity index (χ1n) is 8.22. The van der Waals surface area contributed by atoms with E-state index in [2.05, 4.69) is 31.1 Å². The van der Waals surface area contributed by atoms with E-state index in [-0.39, 0.29) is 0 Å². The Bertz CT molecular complexity index is 314. The minimum atomic E-state index is 0.483. The molecule has 0 unspecified atom stereocenters. The Morgan fingerprint density at radius 2 is 2.00 bits per heavy atom. The van der Waals surface area contributed by atoms with E-state index in [0.717, 1.165) is 12.5 Å². The van der Waals surface area contributed by atoms with Crippen molar-refractivity contribution >= 4 is 0 Å². The van der Waals surface area contributed by atoms with Gasteiger partial charge in [0.1, 0.15) is 0 Å². The molecule has 0 bridgehead atoms. The van der Waals surface area contributed by atoms with E-state index in [1.165, 1.54) is 45.2 Å². The summed E-state index contributed by atoms with van der Waals surface area (Å²) in [5.41, 5.74) is 0.483. The number of nitrogens with one attached hydrogen (secondary N) is 1. The van der Waals surface area contributed by atoms with Gasteiger partial charge in [-0.2, -0.15) is 0 Å². The monoisotopic (exact) mass is 266 g/mol. The lowest BCUT2D eigenvalue weighted by Gasteiger charge is -2.55. The first-order chi connectivity index (χ1) is 9.15. The summed E-state index contributed by atoms with van der Waals surface area (Å²) in [6.07, 6.45) is 7.34. The molecule has 3 heteroatoms. The Morgan fingerprint density at radius 3 is 2.58 bits per heavy atom. The lowest BCUT2D eigenvalue weighted by molar-refractivity contribution is -0.133. The average molecular weight is 266 g/mol. The second kappa shape index (κ2) is 5.34. The van der Waals surface area contributed by atoms with Gasteiger partial charge in [-0.3, -0.25) is 0 Å². The van der Waals surface area contributed by atoms with Gasteiger partial charge in [0, 0.05) is 37.2 Å². The number of ether oxygens (including phenoxy) is 1. The third-order valence-electron chi connectivity index (χ3n) is 5.90. The van der Waals surface area contributed by atoms with Gasteiger partial charge in [0.05, 0.1) is 6.10 Å². The molecule has 3 aliphatic rings. The van der Waals surface area contributed by atoms with Crippen LogP contribution in [0.2, 0.25) is 0 Å². The Balaban J connectivity index is 1.62. The number of likely N-dealkylation sites (N-methyl/N-ethyl adjacent to an activating group) is 1. The molecule has 2 saturated carbocycles. The van der Waals surface area contributed by atoms with Crippen molar-refractivity contribution < 1.29 is 4.74 Å². The second-order valence-corrected chi connectivity index (χ2v) is 7.14. The zero-order chi connectivity index (χ0) is 13.5. The first-order valence-corrected chi connectivity index (χ1v) is 8.22. The molecular formula is C16H30N2O. The molecule has 3 fully saturated rings. The molecule has 1 N–H and O–H groups in total. The van der Waals surface area contributed by atoms with Gasteiger partial charge in [0.25, 0.3) is 0 Å². The summed E-state index contributed by atoms with van der Waals surface area (Å²) in [7, 11) is 2.24. The topological polar surface area (TPSA) is 24.5 Å². The van der Waals surface area contributed by atoms with Crippen molar-refractivity contribution in [3.05, 3.63) is 0 Å². The summed E-state index contributed by atoms with van der Waals surface area (Å²) in [5.74, 6) is 0.787. The zero-order valence-electron chi connectivity index (χ0n) is 12.8. The molecule has 19 heavy (non-hydrogen) atoms. The zero-order valence-corrected chi connectivity index (χ0v) is 12.8. The van der Waals surface area contributed by atoms with Gasteiger partial charge < -0.3 is 15.0 Å². The van der Waals surface area contributed by atoms with E-state index in [0.29, 0.717) is 23.6 Å². The van der Waals surface area contributed by atoms with Gasteiger partial charge in [-0.1, -0.05) is 19.8 Å². The van der Waals surface area contributed by atoms with E-state index in [4.69, 9.17) is 4.74 Å². The SMILES string of the molecule is CCO[C@@H]1C[C@H](N[C@@H]2CN(C)C[C@@H]2C)C12CCCC2. The van der Waals surface area contributed by atoms with Gasteiger partial charge in [-0.15, -0.1) is 0 Å². The molecule has 3 rings (SSSR count). The summed E-state index contributed by atoms with van der Waals surface area (Å²) in [6, 6.07) is 1.40. The number of hydrogen-bond acceptors (Lipinski definition) is 3. The Labute approximate surface area is 118 Å². The van der Waals surface area contributed by atoms with Crippen molar-refractivity contribution in [1.29, 1.82) is 0 Å². The molecule has 3 nitrogen and oxygen atoms in total. The van der Waals surface area contributed by atoms with Crippen LogP contribution in [-0.2, 0) is 4.74 Å². The van der Waals surface area contributed by atoms with Gasteiger partial charge in [0.15, 0.2) is 0 Å². The van der Waals surface area contributed by atoms with Crippen LogP contribution < -0.4 is 5.32 Å². The van der Waals surface area contributed by atoms with E-state index in [1.54, 1.807) is 0 Å². The maximum Gasteiger partial charge on any atom is 0.0661 e. The molecule has 110 valence electrons. The summed E-state index contributed by atoms with van der Waals surface area (Å²) in [5, 5.41) is 3.99. The lowest BCUT2D eigenvalue weighted by atomic mass is 9.60. The normalized spacial score (nSPS) is 41.8. The highest BCUT2D eigenvalue weighted by atomic mass is 16.5. The molecule has 0 amide bonds. The van der Waals surface area contributed by atoms with Crippen LogP contribution in [0.25, 0.3) is 0 Å². The van der Waals surface area contributed by atoms with Crippen LogP contribution in [0.1, 0.15) is 46.0 Å². The van der Waals surface area contributed by atoms with Gasteiger partial charge >= 0.3 is 0 Å². The summed E-state index contributed by atoms with van der Waals surface area (Å²) in [6.45, 7) is 7.86. The number of rotatable bonds is 4. The molecule has 0 radical (unpaired) electrons. The van der Waals surface area contributed by atoms with Crippen LogP contribution in [-0.4, -0.2) is 49.8 Å². The molecule has 1 heterocycles. The molecule has 4 atom stereocenters. The van der Waals surface area contributed by atoms with Gasteiger partial charge in [-0.25, -0.2) is 0 Å².